The van der Waals surface area contributed by atoms with Gasteiger partial charge < -0.3 is 9.90 Å². The highest BCUT2D eigenvalue weighted by Gasteiger charge is 2.37. The summed E-state index contributed by atoms with van der Waals surface area (Å²) in [6, 6.07) is 5.41. The molecule has 2 rings (SSSR count). The van der Waals surface area contributed by atoms with Crippen molar-refractivity contribution in [2.45, 2.75) is 6.18 Å². The van der Waals surface area contributed by atoms with Crippen LogP contribution in [0.15, 0.2) is 24.3 Å². The van der Waals surface area contributed by atoms with Gasteiger partial charge in [0.1, 0.15) is 6.09 Å². The summed E-state index contributed by atoms with van der Waals surface area (Å²) in [7, 11) is 0. The second kappa shape index (κ2) is 3.22. The lowest BCUT2D eigenvalue weighted by atomic mass is 10.3. The summed E-state index contributed by atoms with van der Waals surface area (Å²) in [5, 5.41) is 10.7. The lowest BCUT2D eigenvalue weighted by Crippen LogP contribution is -2.32. The largest absolute Gasteiger partial charge is 0.529 e. The molecule has 0 saturated carbocycles. The Morgan fingerprint density at radius 3 is 2.50 bits per heavy atom. The summed E-state index contributed by atoms with van der Waals surface area (Å²) in [6.07, 6.45) is -6.79. The number of halogens is 3. The SMILES string of the molecule is O=C([O-])n1c(C(F)(F)F)nc2ccccc21. The smallest absolute Gasteiger partial charge is 0.450 e. The van der Waals surface area contributed by atoms with E-state index in [4.69, 9.17) is 0 Å². The van der Waals surface area contributed by atoms with Crippen molar-refractivity contribution in [3.8, 4) is 0 Å². The van der Waals surface area contributed by atoms with Gasteiger partial charge in [0, 0.05) is 0 Å². The molecular formula is C9H4F3N2O2-. The monoisotopic (exact) mass is 229 g/mol. The summed E-state index contributed by atoms with van der Waals surface area (Å²) >= 11 is 0. The molecule has 0 amide bonds. The minimum Gasteiger partial charge on any atom is -0.529 e. The first-order valence-electron chi connectivity index (χ1n) is 4.17. The van der Waals surface area contributed by atoms with Crippen LogP contribution in [0.25, 0.3) is 11.0 Å². The van der Waals surface area contributed by atoms with Crippen molar-refractivity contribution >= 4 is 17.1 Å². The van der Waals surface area contributed by atoms with Crippen LogP contribution in [0, 0.1) is 0 Å². The summed E-state index contributed by atoms with van der Waals surface area (Å²) in [4.78, 5) is 13.9. The van der Waals surface area contributed by atoms with Crippen LogP contribution in [-0.4, -0.2) is 15.6 Å². The Morgan fingerprint density at radius 1 is 1.31 bits per heavy atom. The molecule has 0 radical (unpaired) electrons. The Balaban J connectivity index is 2.84. The number of alkyl halides is 3. The molecule has 0 spiro atoms. The highest BCUT2D eigenvalue weighted by atomic mass is 19.4. The van der Waals surface area contributed by atoms with E-state index in [2.05, 4.69) is 4.98 Å². The van der Waals surface area contributed by atoms with Crippen LogP contribution in [-0.2, 0) is 6.18 Å². The van der Waals surface area contributed by atoms with Crippen LogP contribution in [0.3, 0.4) is 0 Å². The number of benzene rings is 1. The zero-order valence-corrected chi connectivity index (χ0v) is 7.65. The maximum Gasteiger partial charge on any atom is 0.450 e. The topological polar surface area (TPSA) is 57.9 Å². The van der Waals surface area contributed by atoms with Crippen LogP contribution in [0.5, 0.6) is 0 Å². The van der Waals surface area contributed by atoms with Crippen LogP contribution < -0.4 is 5.11 Å². The number of carboxylic acid groups (broad SMARTS) is 1. The molecule has 4 nitrogen and oxygen atoms in total. The Bertz CT molecular complexity index is 559. The molecule has 0 saturated heterocycles. The van der Waals surface area contributed by atoms with Gasteiger partial charge in [-0.3, -0.25) is 4.57 Å². The number of carbonyl (C=O) groups excluding carboxylic acids is 1. The zero-order chi connectivity index (χ0) is 11.9. The first-order chi connectivity index (χ1) is 7.41. The number of hydrogen-bond donors (Lipinski definition) is 0. The molecule has 0 aliphatic carbocycles. The molecule has 1 aromatic carbocycles. The summed E-state index contributed by atoms with van der Waals surface area (Å²) in [5.74, 6) is -1.49. The third-order valence-corrected chi connectivity index (χ3v) is 2.00. The quantitative estimate of drug-likeness (QED) is 0.683. The molecule has 0 aliphatic heterocycles. The predicted molar refractivity (Wildman–Crippen MR) is 45.5 cm³/mol. The van der Waals surface area contributed by atoms with Gasteiger partial charge in [-0.1, -0.05) is 12.1 Å². The van der Waals surface area contributed by atoms with Crippen molar-refractivity contribution in [1.29, 1.82) is 0 Å². The van der Waals surface area contributed by atoms with Crippen LogP contribution in [0.2, 0.25) is 0 Å². The average molecular weight is 229 g/mol. The van der Waals surface area contributed by atoms with Crippen molar-refractivity contribution < 1.29 is 23.1 Å². The summed E-state index contributed by atoms with van der Waals surface area (Å²) < 4.78 is 37.4. The second-order valence-electron chi connectivity index (χ2n) is 3.02. The zero-order valence-electron chi connectivity index (χ0n) is 7.65. The number of hydrogen-bond acceptors (Lipinski definition) is 3. The third kappa shape index (κ3) is 1.50. The standard InChI is InChI=1S/C9H5F3N2O2/c10-9(11,12)7-13-5-3-1-2-4-6(5)14(7)8(15)16/h1-4H,(H,15,16)/p-1. The Labute approximate surface area is 86.9 Å². The molecule has 84 valence electrons. The molecule has 1 heterocycles. The van der Waals surface area contributed by atoms with Gasteiger partial charge in [0.15, 0.2) is 0 Å². The minimum atomic E-state index is -4.83. The molecule has 7 heteroatoms. The maximum absolute atomic E-state index is 12.5. The molecule has 0 bridgehead atoms. The number of aromatic nitrogens is 2. The molecular weight excluding hydrogens is 225 g/mol. The number of rotatable bonds is 0. The van der Waals surface area contributed by atoms with Gasteiger partial charge in [-0.2, -0.15) is 13.2 Å². The molecule has 0 fully saturated rings. The normalized spacial score (nSPS) is 11.9. The highest BCUT2D eigenvalue weighted by Crippen LogP contribution is 2.30. The lowest BCUT2D eigenvalue weighted by molar-refractivity contribution is -0.252. The van der Waals surface area contributed by atoms with E-state index in [9.17, 15) is 23.1 Å². The predicted octanol–water partition coefficient (Wildman–Crippen LogP) is 1.25. The first-order valence-corrected chi connectivity index (χ1v) is 4.17. The van der Waals surface area contributed by atoms with E-state index >= 15 is 0 Å². The van der Waals surface area contributed by atoms with Crippen molar-refractivity contribution in [2.75, 3.05) is 0 Å². The van der Waals surface area contributed by atoms with Crippen LogP contribution in [0.1, 0.15) is 5.82 Å². The fourth-order valence-corrected chi connectivity index (χ4v) is 1.40. The lowest BCUT2D eigenvalue weighted by Gasteiger charge is -2.10. The number of fused-ring (bicyclic) bond motifs is 1. The number of para-hydroxylation sites is 2. The maximum atomic E-state index is 12.5. The fourth-order valence-electron chi connectivity index (χ4n) is 1.40. The molecule has 0 atom stereocenters. The van der Waals surface area contributed by atoms with E-state index in [1.807, 2.05) is 0 Å². The van der Waals surface area contributed by atoms with E-state index in [-0.39, 0.29) is 15.6 Å². The molecule has 1 aromatic heterocycles. The highest BCUT2D eigenvalue weighted by molar-refractivity contribution is 5.86. The van der Waals surface area contributed by atoms with Crippen molar-refractivity contribution in [3.63, 3.8) is 0 Å². The van der Waals surface area contributed by atoms with Gasteiger partial charge in [0.05, 0.1) is 11.0 Å². The van der Waals surface area contributed by atoms with Gasteiger partial charge in [0.2, 0.25) is 5.82 Å². The average Bonchev–Trinajstić information content (AvgIpc) is 2.55. The Hall–Kier alpha value is -2.05. The first kappa shape index (κ1) is 10.5. The van der Waals surface area contributed by atoms with Crippen molar-refractivity contribution in [2.24, 2.45) is 0 Å². The minimum absolute atomic E-state index is 0.0231. The van der Waals surface area contributed by atoms with E-state index in [1.165, 1.54) is 24.3 Å². The third-order valence-electron chi connectivity index (χ3n) is 2.00. The number of imidazole rings is 1. The number of nitrogens with zero attached hydrogens (tertiary/aromatic N) is 2. The van der Waals surface area contributed by atoms with Crippen LogP contribution in [0.4, 0.5) is 18.0 Å². The van der Waals surface area contributed by atoms with Gasteiger partial charge in [-0.25, -0.2) is 4.98 Å². The van der Waals surface area contributed by atoms with E-state index in [1.54, 1.807) is 0 Å². The Morgan fingerprint density at radius 2 is 1.94 bits per heavy atom. The molecule has 16 heavy (non-hydrogen) atoms. The van der Waals surface area contributed by atoms with Gasteiger partial charge >= 0.3 is 6.18 Å². The summed E-state index contributed by atoms with van der Waals surface area (Å²) in [6.45, 7) is 0. The van der Waals surface area contributed by atoms with E-state index in [0.29, 0.717) is 0 Å². The number of carbonyl (C=O) groups is 1. The molecule has 0 aliphatic rings. The molecule has 2 aromatic rings. The fraction of sp³-hybridized carbons (Fsp3) is 0.111. The van der Waals surface area contributed by atoms with Gasteiger partial charge in [-0.05, 0) is 12.1 Å². The van der Waals surface area contributed by atoms with Gasteiger partial charge in [-0.15, -0.1) is 0 Å². The molecule has 0 unspecified atom stereocenters. The van der Waals surface area contributed by atoms with E-state index in [0.717, 1.165) is 0 Å². The van der Waals surface area contributed by atoms with Gasteiger partial charge in [0.25, 0.3) is 0 Å². The van der Waals surface area contributed by atoms with Crippen molar-refractivity contribution in [3.05, 3.63) is 30.1 Å². The van der Waals surface area contributed by atoms with E-state index < -0.39 is 18.1 Å². The Kier molecular flexibility index (Phi) is 2.11. The van der Waals surface area contributed by atoms with Crippen LogP contribution >= 0.6 is 0 Å². The van der Waals surface area contributed by atoms with Crippen molar-refractivity contribution in [1.82, 2.24) is 9.55 Å². The molecule has 0 N–H and O–H groups in total. The summed E-state index contributed by atoms with van der Waals surface area (Å²) in [5.41, 5.74) is -0.186. The second-order valence-corrected chi connectivity index (χ2v) is 3.02.